The van der Waals surface area contributed by atoms with Crippen molar-refractivity contribution in [3.05, 3.63) is 63.0 Å². The van der Waals surface area contributed by atoms with Gasteiger partial charge in [-0.25, -0.2) is 4.39 Å². The smallest absolute Gasteiger partial charge is 0.251 e. The van der Waals surface area contributed by atoms with E-state index in [1.54, 1.807) is 24.3 Å². The Balaban J connectivity index is 2.10. The average molecular weight is 399 g/mol. The zero-order chi connectivity index (χ0) is 15.4. The summed E-state index contributed by atoms with van der Waals surface area (Å²) < 4.78 is 19.6. The number of carbonyl (C=O) groups is 1. The fourth-order valence-corrected chi connectivity index (χ4v) is 2.28. The molecule has 0 aliphatic carbocycles. The molecule has 1 atom stereocenters. The second-order valence-electron chi connectivity index (χ2n) is 4.60. The first kappa shape index (κ1) is 15.8. The number of hydrogen-bond donors (Lipinski definition) is 1. The van der Waals surface area contributed by atoms with Crippen molar-refractivity contribution in [2.24, 2.45) is 0 Å². The lowest BCUT2D eigenvalue weighted by atomic mass is 10.1. The Morgan fingerprint density at radius 1 is 1.24 bits per heavy atom. The summed E-state index contributed by atoms with van der Waals surface area (Å²) in [7, 11) is 1.42. The molecule has 0 radical (unpaired) electrons. The quantitative estimate of drug-likeness (QED) is 0.792. The lowest BCUT2D eigenvalue weighted by Gasteiger charge is -2.15. The minimum Gasteiger partial charge on any atom is -0.494 e. The standard InChI is InChI=1S/C16H15FINO2/c1-10(12-5-8-15(21-2)14(17)9-12)19-16(20)11-3-6-13(18)7-4-11/h3-10H,1-2H3,(H,19,20). The highest BCUT2D eigenvalue weighted by Crippen LogP contribution is 2.22. The molecular formula is C16H15FINO2. The Kier molecular flexibility index (Phi) is 5.17. The van der Waals surface area contributed by atoms with Crippen LogP contribution in [0.3, 0.4) is 0 Å². The number of ether oxygens (including phenoxy) is 1. The van der Waals surface area contributed by atoms with Crippen LogP contribution in [-0.2, 0) is 0 Å². The van der Waals surface area contributed by atoms with Crippen LogP contribution >= 0.6 is 22.6 Å². The van der Waals surface area contributed by atoms with E-state index in [1.165, 1.54) is 13.2 Å². The van der Waals surface area contributed by atoms with Crippen molar-refractivity contribution >= 4 is 28.5 Å². The molecule has 1 N–H and O–H groups in total. The largest absolute Gasteiger partial charge is 0.494 e. The zero-order valence-corrected chi connectivity index (χ0v) is 13.8. The van der Waals surface area contributed by atoms with Gasteiger partial charge in [0.1, 0.15) is 0 Å². The molecule has 0 aromatic heterocycles. The van der Waals surface area contributed by atoms with Gasteiger partial charge in [0.2, 0.25) is 0 Å². The molecule has 0 fully saturated rings. The molecule has 1 unspecified atom stereocenters. The van der Waals surface area contributed by atoms with Gasteiger partial charge in [0.05, 0.1) is 13.2 Å². The molecule has 2 aromatic carbocycles. The molecule has 0 saturated heterocycles. The Bertz CT molecular complexity index is 643. The molecule has 0 spiro atoms. The number of hydrogen-bond acceptors (Lipinski definition) is 2. The monoisotopic (exact) mass is 399 g/mol. The lowest BCUT2D eigenvalue weighted by molar-refractivity contribution is 0.0940. The van der Waals surface area contributed by atoms with E-state index < -0.39 is 5.82 Å². The molecule has 1 amide bonds. The SMILES string of the molecule is COc1ccc(C(C)NC(=O)c2ccc(I)cc2)cc1F. The van der Waals surface area contributed by atoms with Gasteiger partial charge >= 0.3 is 0 Å². The number of nitrogens with one attached hydrogen (secondary N) is 1. The Hall–Kier alpha value is -1.63. The summed E-state index contributed by atoms with van der Waals surface area (Å²) in [6, 6.07) is 11.6. The third kappa shape index (κ3) is 3.93. The predicted molar refractivity (Wildman–Crippen MR) is 88.0 cm³/mol. The van der Waals surface area contributed by atoms with Gasteiger partial charge in [0, 0.05) is 9.13 Å². The van der Waals surface area contributed by atoms with Gasteiger partial charge < -0.3 is 10.1 Å². The first-order valence-corrected chi connectivity index (χ1v) is 7.49. The van der Waals surface area contributed by atoms with Crippen LogP contribution < -0.4 is 10.1 Å². The fourth-order valence-electron chi connectivity index (χ4n) is 1.92. The normalized spacial score (nSPS) is 11.8. The van der Waals surface area contributed by atoms with Crippen molar-refractivity contribution in [1.29, 1.82) is 0 Å². The summed E-state index contributed by atoms with van der Waals surface area (Å²) in [5, 5.41) is 2.85. The van der Waals surface area contributed by atoms with Crippen LogP contribution in [0.2, 0.25) is 0 Å². The maximum absolute atomic E-state index is 13.7. The van der Waals surface area contributed by atoms with Gasteiger partial charge in [-0.1, -0.05) is 6.07 Å². The van der Waals surface area contributed by atoms with E-state index in [0.717, 1.165) is 3.57 Å². The van der Waals surface area contributed by atoms with E-state index in [9.17, 15) is 9.18 Å². The third-order valence-corrected chi connectivity index (χ3v) is 3.85. The molecule has 5 heteroatoms. The number of rotatable bonds is 4. The van der Waals surface area contributed by atoms with Crippen molar-refractivity contribution in [1.82, 2.24) is 5.32 Å². The molecule has 21 heavy (non-hydrogen) atoms. The van der Waals surface area contributed by atoms with Crippen molar-refractivity contribution in [2.75, 3.05) is 7.11 Å². The number of benzene rings is 2. The van der Waals surface area contributed by atoms with Gasteiger partial charge in [-0.05, 0) is 71.5 Å². The van der Waals surface area contributed by atoms with Gasteiger partial charge in [0.25, 0.3) is 5.91 Å². The molecule has 0 saturated carbocycles. The van der Waals surface area contributed by atoms with E-state index in [4.69, 9.17) is 4.74 Å². The van der Waals surface area contributed by atoms with E-state index in [2.05, 4.69) is 27.9 Å². The topological polar surface area (TPSA) is 38.3 Å². The number of methoxy groups -OCH3 is 1. The van der Waals surface area contributed by atoms with Crippen LogP contribution in [-0.4, -0.2) is 13.0 Å². The number of carbonyl (C=O) groups excluding carboxylic acids is 1. The van der Waals surface area contributed by atoms with E-state index in [0.29, 0.717) is 11.1 Å². The van der Waals surface area contributed by atoms with Crippen molar-refractivity contribution in [2.45, 2.75) is 13.0 Å². The maximum Gasteiger partial charge on any atom is 0.251 e. The van der Waals surface area contributed by atoms with Crippen LogP contribution in [0.5, 0.6) is 5.75 Å². The van der Waals surface area contributed by atoms with Gasteiger partial charge in [-0.15, -0.1) is 0 Å². The molecule has 0 aliphatic rings. The van der Waals surface area contributed by atoms with E-state index in [1.807, 2.05) is 19.1 Å². The lowest BCUT2D eigenvalue weighted by Crippen LogP contribution is -2.26. The third-order valence-electron chi connectivity index (χ3n) is 3.13. The van der Waals surface area contributed by atoms with Crippen molar-refractivity contribution in [3.63, 3.8) is 0 Å². The van der Waals surface area contributed by atoms with Crippen LogP contribution in [0.15, 0.2) is 42.5 Å². The minimum absolute atomic E-state index is 0.185. The fraction of sp³-hybridized carbons (Fsp3) is 0.188. The van der Waals surface area contributed by atoms with Crippen LogP contribution in [0, 0.1) is 9.39 Å². The van der Waals surface area contributed by atoms with Gasteiger partial charge in [0.15, 0.2) is 11.6 Å². The van der Waals surface area contributed by atoms with Crippen molar-refractivity contribution < 1.29 is 13.9 Å². The number of amides is 1. The van der Waals surface area contributed by atoms with E-state index >= 15 is 0 Å². The molecule has 3 nitrogen and oxygen atoms in total. The molecule has 0 heterocycles. The highest BCUT2D eigenvalue weighted by atomic mass is 127. The second-order valence-corrected chi connectivity index (χ2v) is 5.84. The molecule has 0 aliphatic heterocycles. The summed E-state index contributed by atoms with van der Waals surface area (Å²) in [6.07, 6.45) is 0. The zero-order valence-electron chi connectivity index (χ0n) is 11.7. The first-order chi connectivity index (χ1) is 10.0. The Labute approximate surface area is 136 Å². The van der Waals surface area contributed by atoms with Crippen LogP contribution in [0.1, 0.15) is 28.9 Å². The van der Waals surface area contributed by atoms with Gasteiger partial charge in [-0.2, -0.15) is 0 Å². The molecule has 2 rings (SSSR count). The second kappa shape index (κ2) is 6.89. The average Bonchev–Trinajstić information content (AvgIpc) is 2.47. The molecular weight excluding hydrogens is 384 g/mol. The highest BCUT2D eigenvalue weighted by Gasteiger charge is 2.13. The predicted octanol–water partition coefficient (Wildman–Crippen LogP) is 3.93. The summed E-state index contributed by atoms with van der Waals surface area (Å²) >= 11 is 2.18. The summed E-state index contributed by atoms with van der Waals surface area (Å²) in [4.78, 5) is 12.1. The highest BCUT2D eigenvalue weighted by molar-refractivity contribution is 14.1. The Morgan fingerprint density at radius 2 is 1.90 bits per heavy atom. The Morgan fingerprint density at radius 3 is 2.48 bits per heavy atom. The summed E-state index contributed by atoms with van der Waals surface area (Å²) in [5.41, 5.74) is 1.27. The maximum atomic E-state index is 13.7. The van der Waals surface area contributed by atoms with E-state index in [-0.39, 0.29) is 17.7 Å². The minimum atomic E-state index is -0.439. The molecule has 110 valence electrons. The van der Waals surface area contributed by atoms with Gasteiger partial charge in [-0.3, -0.25) is 4.79 Å². The summed E-state index contributed by atoms with van der Waals surface area (Å²) in [5.74, 6) is -0.435. The summed E-state index contributed by atoms with van der Waals surface area (Å²) in [6.45, 7) is 1.81. The molecule has 0 bridgehead atoms. The van der Waals surface area contributed by atoms with Crippen LogP contribution in [0.4, 0.5) is 4.39 Å². The van der Waals surface area contributed by atoms with Crippen molar-refractivity contribution in [3.8, 4) is 5.75 Å². The molecule has 2 aromatic rings. The number of halogens is 2. The first-order valence-electron chi connectivity index (χ1n) is 6.41. The van der Waals surface area contributed by atoms with Crippen LogP contribution in [0.25, 0.3) is 0 Å².